The molecular weight excluding hydrogens is 336 g/mol. The maximum absolute atomic E-state index is 12.5. The Balaban J connectivity index is 1.56. The van der Waals surface area contributed by atoms with Crippen molar-refractivity contribution in [2.24, 2.45) is 5.92 Å². The van der Waals surface area contributed by atoms with Crippen LogP contribution in [0.3, 0.4) is 0 Å². The van der Waals surface area contributed by atoms with Crippen molar-refractivity contribution in [1.82, 2.24) is 4.90 Å². The molecule has 26 heavy (non-hydrogen) atoms. The van der Waals surface area contributed by atoms with Gasteiger partial charge < -0.3 is 19.4 Å². The van der Waals surface area contributed by atoms with Crippen molar-refractivity contribution in [1.29, 1.82) is 0 Å². The number of carbonyl (C=O) groups is 3. The van der Waals surface area contributed by atoms with Gasteiger partial charge in [0.1, 0.15) is 0 Å². The monoisotopic (exact) mass is 356 g/mol. The second-order valence-electron chi connectivity index (χ2n) is 6.11. The fraction of sp³-hybridized carbons (Fsp3) is 0.316. The fourth-order valence-electron chi connectivity index (χ4n) is 2.99. The van der Waals surface area contributed by atoms with Crippen molar-refractivity contribution >= 4 is 23.5 Å². The first-order valence-electron chi connectivity index (χ1n) is 8.40. The minimum Gasteiger partial charge on any atom is -0.465 e. The summed E-state index contributed by atoms with van der Waals surface area (Å²) in [5, 5.41) is 2.83. The third-order valence-corrected chi connectivity index (χ3v) is 4.44. The summed E-state index contributed by atoms with van der Waals surface area (Å²) in [4.78, 5) is 38.0. The van der Waals surface area contributed by atoms with Crippen LogP contribution in [0, 0.1) is 5.92 Å². The average Bonchev–Trinajstić information content (AvgIpc) is 3.22. The van der Waals surface area contributed by atoms with E-state index in [1.165, 1.54) is 13.4 Å². The number of nitrogens with zero attached hydrogens (tertiary/aromatic N) is 1. The van der Waals surface area contributed by atoms with Crippen LogP contribution in [0.2, 0.25) is 0 Å². The van der Waals surface area contributed by atoms with Gasteiger partial charge in [-0.15, -0.1) is 0 Å². The van der Waals surface area contributed by atoms with E-state index in [0.717, 1.165) is 0 Å². The molecule has 0 aliphatic carbocycles. The van der Waals surface area contributed by atoms with E-state index in [1.807, 2.05) is 0 Å². The van der Waals surface area contributed by atoms with E-state index in [1.54, 1.807) is 41.3 Å². The lowest BCUT2D eigenvalue weighted by atomic mass is 9.95. The van der Waals surface area contributed by atoms with E-state index >= 15 is 0 Å². The number of ether oxygens (including phenoxy) is 1. The molecule has 0 atom stereocenters. The normalized spacial score (nSPS) is 14.7. The van der Waals surface area contributed by atoms with Gasteiger partial charge in [0.2, 0.25) is 5.91 Å². The Bertz CT molecular complexity index is 792. The number of piperidine rings is 1. The third-order valence-electron chi connectivity index (χ3n) is 4.44. The molecule has 0 radical (unpaired) electrons. The third kappa shape index (κ3) is 3.93. The number of methoxy groups -OCH3 is 1. The smallest absolute Gasteiger partial charge is 0.337 e. The lowest BCUT2D eigenvalue weighted by Crippen LogP contribution is -2.41. The van der Waals surface area contributed by atoms with Gasteiger partial charge in [0.05, 0.1) is 18.9 Å². The molecule has 136 valence electrons. The van der Waals surface area contributed by atoms with Crippen molar-refractivity contribution in [2.75, 3.05) is 25.5 Å². The second kappa shape index (κ2) is 7.86. The molecule has 7 heteroatoms. The van der Waals surface area contributed by atoms with Crippen LogP contribution < -0.4 is 5.32 Å². The maximum atomic E-state index is 12.5. The number of hydrogen-bond acceptors (Lipinski definition) is 5. The number of hydrogen-bond donors (Lipinski definition) is 1. The molecule has 0 saturated carbocycles. The molecule has 2 aromatic rings. The summed E-state index contributed by atoms with van der Waals surface area (Å²) in [6.07, 6.45) is 2.62. The molecule has 2 heterocycles. The van der Waals surface area contributed by atoms with Crippen LogP contribution in [-0.2, 0) is 9.53 Å². The molecule has 0 spiro atoms. The van der Waals surface area contributed by atoms with Crippen molar-refractivity contribution in [3.63, 3.8) is 0 Å². The zero-order chi connectivity index (χ0) is 18.5. The summed E-state index contributed by atoms with van der Waals surface area (Å²) in [6.45, 7) is 1.000. The summed E-state index contributed by atoms with van der Waals surface area (Å²) < 4.78 is 9.81. The minimum absolute atomic E-state index is 0.114. The number of rotatable bonds is 4. The summed E-state index contributed by atoms with van der Waals surface area (Å²) in [7, 11) is 1.31. The molecule has 1 aromatic heterocycles. The first kappa shape index (κ1) is 17.7. The van der Waals surface area contributed by atoms with E-state index < -0.39 is 5.97 Å². The van der Waals surface area contributed by atoms with E-state index in [-0.39, 0.29) is 17.7 Å². The summed E-state index contributed by atoms with van der Waals surface area (Å²) in [6, 6.07) is 9.93. The van der Waals surface area contributed by atoms with E-state index in [0.29, 0.717) is 42.9 Å². The van der Waals surface area contributed by atoms with Crippen molar-refractivity contribution in [3.05, 3.63) is 54.0 Å². The molecule has 2 amide bonds. The van der Waals surface area contributed by atoms with Crippen LogP contribution in [0.15, 0.2) is 47.1 Å². The number of benzene rings is 1. The van der Waals surface area contributed by atoms with Crippen molar-refractivity contribution in [3.8, 4) is 0 Å². The molecule has 1 aromatic carbocycles. The Morgan fingerprint density at radius 2 is 1.92 bits per heavy atom. The van der Waals surface area contributed by atoms with Crippen LogP contribution in [0.4, 0.5) is 5.69 Å². The van der Waals surface area contributed by atoms with Gasteiger partial charge in [-0.05, 0) is 43.2 Å². The Morgan fingerprint density at radius 1 is 1.15 bits per heavy atom. The number of esters is 1. The minimum atomic E-state index is -0.453. The van der Waals surface area contributed by atoms with Gasteiger partial charge in [-0.3, -0.25) is 9.59 Å². The maximum Gasteiger partial charge on any atom is 0.337 e. The number of likely N-dealkylation sites (tertiary alicyclic amines) is 1. The van der Waals surface area contributed by atoms with Gasteiger partial charge in [0.25, 0.3) is 5.91 Å². The zero-order valence-electron chi connectivity index (χ0n) is 14.4. The number of anilines is 1. The SMILES string of the molecule is COC(=O)c1cccc(NC(=O)C2CCN(C(=O)c3ccco3)CC2)c1. The van der Waals surface area contributed by atoms with Gasteiger partial charge >= 0.3 is 5.97 Å². The molecule has 1 aliphatic heterocycles. The highest BCUT2D eigenvalue weighted by Crippen LogP contribution is 2.21. The number of amides is 2. The molecule has 0 bridgehead atoms. The lowest BCUT2D eigenvalue weighted by molar-refractivity contribution is -0.121. The quantitative estimate of drug-likeness (QED) is 0.851. The van der Waals surface area contributed by atoms with Gasteiger partial charge in [-0.1, -0.05) is 6.07 Å². The van der Waals surface area contributed by atoms with Crippen molar-refractivity contribution < 1.29 is 23.5 Å². The molecule has 3 rings (SSSR count). The molecule has 0 unspecified atom stereocenters. The highest BCUT2D eigenvalue weighted by atomic mass is 16.5. The largest absolute Gasteiger partial charge is 0.465 e. The van der Waals surface area contributed by atoms with Gasteiger partial charge in [-0.25, -0.2) is 4.79 Å². The summed E-state index contributed by atoms with van der Waals surface area (Å²) in [5.74, 6) is -0.590. The Kier molecular flexibility index (Phi) is 5.36. The Hall–Kier alpha value is -3.09. The van der Waals surface area contributed by atoms with Crippen LogP contribution in [0.5, 0.6) is 0 Å². The predicted molar refractivity (Wildman–Crippen MR) is 93.7 cm³/mol. The lowest BCUT2D eigenvalue weighted by Gasteiger charge is -2.30. The van der Waals surface area contributed by atoms with Crippen LogP contribution >= 0.6 is 0 Å². The molecule has 1 N–H and O–H groups in total. The predicted octanol–water partition coefficient (Wildman–Crippen LogP) is 2.56. The highest BCUT2D eigenvalue weighted by Gasteiger charge is 2.28. The topological polar surface area (TPSA) is 88.9 Å². The van der Waals surface area contributed by atoms with Gasteiger partial charge in [0, 0.05) is 24.7 Å². The second-order valence-corrected chi connectivity index (χ2v) is 6.11. The van der Waals surface area contributed by atoms with Crippen LogP contribution in [0.25, 0.3) is 0 Å². The number of nitrogens with one attached hydrogen (secondary N) is 1. The van der Waals surface area contributed by atoms with Gasteiger partial charge in [-0.2, -0.15) is 0 Å². The molecule has 7 nitrogen and oxygen atoms in total. The molecule has 1 fully saturated rings. The van der Waals surface area contributed by atoms with Crippen LogP contribution in [0.1, 0.15) is 33.8 Å². The molecular formula is C19H20N2O5. The first-order chi connectivity index (χ1) is 12.6. The van der Waals surface area contributed by atoms with Gasteiger partial charge in [0.15, 0.2) is 5.76 Å². The Morgan fingerprint density at radius 3 is 2.58 bits per heavy atom. The van der Waals surface area contributed by atoms with E-state index in [2.05, 4.69) is 10.1 Å². The highest BCUT2D eigenvalue weighted by molar-refractivity contribution is 5.96. The van der Waals surface area contributed by atoms with Crippen molar-refractivity contribution in [2.45, 2.75) is 12.8 Å². The fourth-order valence-corrected chi connectivity index (χ4v) is 2.99. The number of carbonyl (C=O) groups excluding carboxylic acids is 3. The molecule has 1 aliphatic rings. The zero-order valence-corrected chi connectivity index (χ0v) is 14.4. The number of furan rings is 1. The summed E-state index contributed by atoms with van der Waals surface area (Å²) >= 11 is 0. The van der Waals surface area contributed by atoms with Crippen LogP contribution in [-0.4, -0.2) is 42.9 Å². The van der Waals surface area contributed by atoms with E-state index in [4.69, 9.17) is 4.42 Å². The average molecular weight is 356 g/mol. The molecule has 1 saturated heterocycles. The summed E-state index contributed by atoms with van der Waals surface area (Å²) in [5.41, 5.74) is 0.927. The standard InChI is InChI=1S/C19H20N2O5/c1-25-19(24)14-4-2-5-15(12-14)20-17(22)13-7-9-21(10-8-13)18(23)16-6-3-11-26-16/h2-6,11-13H,7-10H2,1H3,(H,20,22). The van der Waals surface area contributed by atoms with E-state index in [9.17, 15) is 14.4 Å². The first-order valence-corrected chi connectivity index (χ1v) is 8.40. The Labute approximate surface area is 150 Å².